The van der Waals surface area contributed by atoms with E-state index in [4.69, 9.17) is 0 Å². The van der Waals surface area contributed by atoms with E-state index in [0.29, 0.717) is 12.4 Å². The molecule has 0 atom stereocenters. The number of nitrogens with zero attached hydrogens (tertiary/aromatic N) is 3. The van der Waals surface area contributed by atoms with Gasteiger partial charge in [-0.1, -0.05) is 24.3 Å². The number of hydrogen-bond donors (Lipinski definition) is 1. The molecule has 1 N–H and O–H groups in total. The van der Waals surface area contributed by atoms with Crippen LogP contribution in [0.15, 0.2) is 48.7 Å². The van der Waals surface area contributed by atoms with E-state index in [0.717, 1.165) is 17.3 Å². The van der Waals surface area contributed by atoms with Crippen LogP contribution in [0.3, 0.4) is 0 Å². The van der Waals surface area contributed by atoms with Crippen LogP contribution in [0, 0.1) is 0 Å². The van der Waals surface area contributed by atoms with E-state index in [-0.39, 0.29) is 5.69 Å². The number of anilines is 1. The molecule has 0 aliphatic carbocycles. The van der Waals surface area contributed by atoms with Crippen molar-refractivity contribution in [2.75, 3.05) is 19.0 Å². The molecule has 2 heterocycles. The molecule has 0 saturated carbocycles. The normalized spacial score (nSPS) is 10.5. The number of methoxy groups -OCH3 is 1. The van der Waals surface area contributed by atoms with Gasteiger partial charge in [0.2, 0.25) is 0 Å². The lowest BCUT2D eigenvalue weighted by molar-refractivity contribution is 0.0593. The molecule has 0 saturated heterocycles. The number of rotatable bonds is 5. The SMILES string of the molecule is COC(=O)c1ccc(NCCc2cccc3cccnc23)nn1. The lowest BCUT2D eigenvalue weighted by Crippen LogP contribution is -2.10. The summed E-state index contributed by atoms with van der Waals surface area (Å²) in [5.74, 6) is 0.122. The van der Waals surface area contributed by atoms with Crippen molar-refractivity contribution in [2.45, 2.75) is 6.42 Å². The summed E-state index contributed by atoms with van der Waals surface area (Å²) in [5, 5.41) is 12.1. The lowest BCUT2D eigenvalue weighted by Gasteiger charge is -2.07. The Balaban J connectivity index is 1.64. The van der Waals surface area contributed by atoms with Crippen molar-refractivity contribution in [3.63, 3.8) is 0 Å². The molecule has 0 fully saturated rings. The second kappa shape index (κ2) is 6.83. The molecule has 0 aliphatic heterocycles. The highest BCUT2D eigenvalue weighted by Gasteiger charge is 2.07. The molecule has 3 rings (SSSR count). The number of carbonyl (C=O) groups excluding carboxylic acids is 1. The van der Waals surface area contributed by atoms with Crippen LogP contribution in [0.2, 0.25) is 0 Å². The van der Waals surface area contributed by atoms with Crippen molar-refractivity contribution in [3.05, 3.63) is 59.9 Å². The predicted molar refractivity (Wildman–Crippen MR) is 87.3 cm³/mol. The maximum Gasteiger partial charge on any atom is 0.358 e. The smallest absolute Gasteiger partial charge is 0.358 e. The summed E-state index contributed by atoms with van der Waals surface area (Å²) in [6, 6.07) is 13.4. The van der Waals surface area contributed by atoms with Gasteiger partial charge in [-0.25, -0.2) is 4.79 Å². The highest BCUT2D eigenvalue weighted by Crippen LogP contribution is 2.16. The number of fused-ring (bicyclic) bond motifs is 1. The van der Waals surface area contributed by atoms with Crippen LogP contribution < -0.4 is 5.32 Å². The molecule has 0 aliphatic rings. The van der Waals surface area contributed by atoms with Crippen molar-refractivity contribution in [1.82, 2.24) is 15.2 Å². The van der Waals surface area contributed by atoms with Crippen LogP contribution in [0.4, 0.5) is 5.82 Å². The first kappa shape index (κ1) is 14.9. The fourth-order valence-electron chi connectivity index (χ4n) is 2.33. The van der Waals surface area contributed by atoms with Gasteiger partial charge in [-0.2, -0.15) is 0 Å². The van der Waals surface area contributed by atoms with Gasteiger partial charge >= 0.3 is 5.97 Å². The first-order chi connectivity index (χ1) is 11.3. The first-order valence-electron chi connectivity index (χ1n) is 7.26. The monoisotopic (exact) mass is 308 g/mol. The van der Waals surface area contributed by atoms with E-state index in [1.165, 1.54) is 12.7 Å². The molecule has 0 radical (unpaired) electrons. The fraction of sp³-hybridized carbons (Fsp3) is 0.176. The second-order valence-corrected chi connectivity index (χ2v) is 4.96. The fourth-order valence-corrected chi connectivity index (χ4v) is 2.33. The first-order valence-corrected chi connectivity index (χ1v) is 7.26. The van der Waals surface area contributed by atoms with E-state index >= 15 is 0 Å². The number of para-hydroxylation sites is 1. The van der Waals surface area contributed by atoms with Crippen LogP contribution in [-0.4, -0.2) is 34.8 Å². The third-order valence-electron chi connectivity index (χ3n) is 3.48. The summed E-state index contributed by atoms with van der Waals surface area (Å²) in [5.41, 5.74) is 2.38. The average molecular weight is 308 g/mol. The van der Waals surface area contributed by atoms with E-state index in [1.807, 2.05) is 12.1 Å². The number of carbonyl (C=O) groups is 1. The van der Waals surface area contributed by atoms with Gasteiger partial charge in [-0.15, -0.1) is 10.2 Å². The van der Waals surface area contributed by atoms with Gasteiger partial charge in [0.05, 0.1) is 12.6 Å². The minimum atomic E-state index is -0.495. The van der Waals surface area contributed by atoms with Crippen LogP contribution in [0.25, 0.3) is 10.9 Å². The molecule has 0 spiro atoms. The van der Waals surface area contributed by atoms with Gasteiger partial charge in [-0.05, 0) is 30.2 Å². The summed E-state index contributed by atoms with van der Waals surface area (Å²) in [6.07, 6.45) is 2.62. The zero-order chi connectivity index (χ0) is 16.1. The number of pyridine rings is 1. The second-order valence-electron chi connectivity index (χ2n) is 4.96. The number of ether oxygens (including phenoxy) is 1. The Hall–Kier alpha value is -3.02. The Morgan fingerprint density at radius 2 is 2.00 bits per heavy atom. The molecular weight excluding hydrogens is 292 g/mol. The molecule has 116 valence electrons. The van der Waals surface area contributed by atoms with Gasteiger partial charge in [0.15, 0.2) is 5.69 Å². The molecular formula is C17H16N4O2. The van der Waals surface area contributed by atoms with E-state index in [2.05, 4.69) is 43.4 Å². The Kier molecular flexibility index (Phi) is 4.42. The topological polar surface area (TPSA) is 77.0 Å². The minimum absolute atomic E-state index is 0.191. The molecule has 6 heteroatoms. The van der Waals surface area contributed by atoms with Crippen molar-refractivity contribution in [3.8, 4) is 0 Å². The molecule has 0 amide bonds. The average Bonchev–Trinajstić information content (AvgIpc) is 2.62. The molecule has 6 nitrogen and oxygen atoms in total. The van der Waals surface area contributed by atoms with Gasteiger partial charge in [0.1, 0.15) is 5.82 Å². The maximum absolute atomic E-state index is 11.3. The zero-order valence-corrected chi connectivity index (χ0v) is 12.7. The Bertz CT molecular complexity index is 813. The summed E-state index contributed by atoms with van der Waals surface area (Å²) in [4.78, 5) is 15.7. The van der Waals surface area contributed by atoms with E-state index < -0.39 is 5.97 Å². The van der Waals surface area contributed by atoms with Gasteiger partial charge in [0.25, 0.3) is 0 Å². The Morgan fingerprint density at radius 1 is 1.13 bits per heavy atom. The van der Waals surface area contributed by atoms with Gasteiger partial charge in [0, 0.05) is 18.1 Å². The Morgan fingerprint density at radius 3 is 2.78 bits per heavy atom. The predicted octanol–water partition coefficient (Wildman–Crippen LogP) is 2.47. The molecule has 1 aromatic carbocycles. The number of esters is 1. The van der Waals surface area contributed by atoms with Crippen LogP contribution in [-0.2, 0) is 11.2 Å². The highest BCUT2D eigenvalue weighted by molar-refractivity contribution is 5.87. The third kappa shape index (κ3) is 3.42. The van der Waals surface area contributed by atoms with Gasteiger partial charge < -0.3 is 10.1 Å². The quantitative estimate of drug-likeness (QED) is 0.730. The van der Waals surface area contributed by atoms with Crippen molar-refractivity contribution in [1.29, 1.82) is 0 Å². The number of hydrogen-bond acceptors (Lipinski definition) is 6. The number of nitrogens with one attached hydrogen (secondary N) is 1. The zero-order valence-electron chi connectivity index (χ0n) is 12.7. The third-order valence-corrected chi connectivity index (χ3v) is 3.48. The van der Waals surface area contributed by atoms with Crippen molar-refractivity contribution >= 4 is 22.7 Å². The Labute approximate surface area is 133 Å². The van der Waals surface area contributed by atoms with Crippen LogP contribution in [0.5, 0.6) is 0 Å². The molecule has 0 unspecified atom stereocenters. The summed E-state index contributed by atoms with van der Waals surface area (Å²) in [6.45, 7) is 0.696. The van der Waals surface area contributed by atoms with E-state index in [1.54, 1.807) is 18.3 Å². The summed E-state index contributed by atoms with van der Waals surface area (Å²) in [7, 11) is 1.31. The summed E-state index contributed by atoms with van der Waals surface area (Å²) < 4.78 is 4.59. The number of benzene rings is 1. The van der Waals surface area contributed by atoms with Crippen molar-refractivity contribution in [2.24, 2.45) is 0 Å². The maximum atomic E-state index is 11.3. The molecule has 0 bridgehead atoms. The van der Waals surface area contributed by atoms with Gasteiger partial charge in [-0.3, -0.25) is 4.98 Å². The standard InChI is InChI=1S/C17H16N4O2/c1-23-17(22)14-7-8-15(21-20-14)18-11-9-13-5-2-4-12-6-3-10-19-16(12)13/h2-8,10H,9,11H2,1H3,(H,18,21). The van der Waals surface area contributed by atoms with Crippen molar-refractivity contribution < 1.29 is 9.53 Å². The summed E-state index contributed by atoms with van der Waals surface area (Å²) >= 11 is 0. The largest absolute Gasteiger partial charge is 0.464 e. The molecule has 2 aromatic heterocycles. The van der Waals surface area contributed by atoms with Crippen LogP contribution in [0.1, 0.15) is 16.1 Å². The minimum Gasteiger partial charge on any atom is -0.464 e. The van der Waals surface area contributed by atoms with Crippen LogP contribution >= 0.6 is 0 Å². The lowest BCUT2D eigenvalue weighted by atomic mass is 10.1. The molecule has 23 heavy (non-hydrogen) atoms. The van der Waals surface area contributed by atoms with E-state index in [9.17, 15) is 4.79 Å². The highest BCUT2D eigenvalue weighted by atomic mass is 16.5. The molecule has 3 aromatic rings. The number of aromatic nitrogens is 3.